The molecule has 0 spiro atoms. The van der Waals surface area contributed by atoms with E-state index >= 15 is 0 Å². The summed E-state index contributed by atoms with van der Waals surface area (Å²) in [5.74, 6) is 1.57. The lowest BCUT2D eigenvalue weighted by Gasteiger charge is -2.39. The molecule has 0 aromatic rings. The molecule has 0 fully saturated rings. The second kappa shape index (κ2) is 5.90. The maximum Gasteiger partial charge on any atom is -0.00230 e. The molecule has 0 amide bonds. The summed E-state index contributed by atoms with van der Waals surface area (Å²) < 4.78 is 1.60. The number of hydrogen-bond donors (Lipinski definition) is 0. The predicted octanol–water partition coefficient (Wildman–Crippen LogP) is 6.12. The summed E-state index contributed by atoms with van der Waals surface area (Å²) in [5, 5.41) is 0. The van der Waals surface area contributed by atoms with Crippen molar-refractivity contribution in [1.82, 2.24) is 0 Å². The highest BCUT2D eigenvalue weighted by molar-refractivity contribution is 14.1. The van der Waals surface area contributed by atoms with Crippen molar-refractivity contribution in [2.24, 2.45) is 17.3 Å². The molecule has 1 atom stereocenters. The summed E-state index contributed by atoms with van der Waals surface area (Å²) in [6.45, 7) is 15.9. The van der Waals surface area contributed by atoms with Gasteiger partial charge >= 0.3 is 0 Å². The van der Waals surface area contributed by atoms with E-state index in [4.69, 9.17) is 0 Å². The van der Waals surface area contributed by atoms with E-state index in [1.54, 1.807) is 9.15 Å². The van der Waals surface area contributed by atoms with Crippen molar-refractivity contribution in [2.75, 3.05) is 0 Å². The Hall–Kier alpha value is 0.210. The highest BCUT2D eigenvalue weighted by Gasteiger charge is 2.34. The molecule has 0 heterocycles. The minimum atomic E-state index is 0.330. The fourth-order valence-corrected chi connectivity index (χ4v) is 4.61. The predicted molar refractivity (Wildman–Crippen MR) is 86.4 cm³/mol. The molecule has 0 aliphatic heterocycles. The lowest BCUT2D eigenvalue weighted by molar-refractivity contribution is 0.312. The van der Waals surface area contributed by atoms with E-state index in [1.807, 2.05) is 0 Å². The van der Waals surface area contributed by atoms with E-state index in [-0.39, 0.29) is 0 Å². The van der Waals surface area contributed by atoms with Gasteiger partial charge in [0.2, 0.25) is 0 Å². The van der Waals surface area contributed by atoms with Crippen LogP contribution in [0.5, 0.6) is 0 Å². The molecule has 98 valence electrons. The summed E-state index contributed by atoms with van der Waals surface area (Å²) in [4.78, 5) is 0. The van der Waals surface area contributed by atoms with Crippen LogP contribution >= 0.6 is 22.6 Å². The van der Waals surface area contributed by atoms with E-state index < -0.39 is 0 Å². The molecule has 0 aromatic heterocycles. The molecule has 17 heavy (non-hydrogen) atoms. The quantitative estimate of drug-likeness (QED) is 0.538. The number of rotatable bonds is 4. The molecule has 1 aliphatic rings. The average Bonchev–Trinajstić information content (AvgIpc) is 2.21. The Balaban J connectivity index is 3.08. The van der Waals surface area contributed by atoms with Crippen LogP contribution in [-0.2, 0) is 0 Å². The fraction of sp³-hybridized carbons (Fsp3) is 0.750. The Kier molecular flexibility index (Phi) is 5.30. The van der Waals surface area contributed by atoms with Crippen LogP contribution in [-0.4, -0.2) is 0 Å². The van der Waals surface area contributed by atoms with E-state index in [2.05, 4.69) is 63.8 Å². The van der Waals surface area contributed by atoms with Gasteiger partial charge in [0, 0.05) is 0 Å². The van der Waals surface area contributed by atoms with Crippen LogP contribution in [0.3, 0.4) is 0 Å². The first-order valence-corrected chi connectivity index (χ1v) is 7.95. The lowest BCUT2D eigenvalue weighted by atomic mass is 9.68. The topological polar surface area (TPSA) is 0 Å². The molecule has 0 aromatic carbocycles. The summed E-state index contributed by atoms with van der Waals surface area (Å²) >= 11 is 2.60. The third kappa shape index (κ3) is 3.59. The Morgan fingerprint density at radius 3 is 2.53 bits per heavy atom. The molecule has 1 heteroatoms. The van der Waals surface area contributed by atoms with Crippen LogP contribution in [0.2, 0.25) is 0 Å². The van der Waals surface area contributed by atoms with Gasteiger partial charge in [-0.3, -0.25) is 0 Å². The maximum absolute atomic E-state index is 4.29. The minimum Gasteiger partial charge on any atom is -0.0955 e. The van der Waals surface area contributed by atoms with Gasteiger partial charge in [0.1, 0.15) is 0 Å². The van der Waals surface area contributed by atoms with Crippen LogP contribution in [0.15, 0.2) is 21.3 Å². The summed E-state index contributed by atoms with van der Waals surface area (Å²) in [6, 6.07) is 0. The summed E-state index contributed by atoms with van der Waals surface area (Å²) in [5.41, 5.74) is 3.25. The molecule has 1 rings (SSSR count). The fourth-order valence-electron chi connectivity index (χ4n) is 2.93. The molecule has 0 radical (unpaired) electrons. The average molecular weight is 346 g/mol. The molecule has 1 unspecified atom stereocenters. The van der Waals surface area contributed by atoms with Crippen molar-refractivity contribution in [2.45, 2.75) is 60.3 Å². The van der Waals surface area contributed by atoms with Gasteiger partial charge in [-0.25, -0.2) is 0 Å². The molecule has 0 N–H and O–H groups in total. The normalized spacial score (nSPS) is 24.3. The van der Waals surface area contributed by atoms with Gasteiger partial charge in [-0.05, 0) is 74.7 Å². The second-order valence-corrected chi connectivity index (χ2v) is 7.59. The minimum absolute atomic E-state index is 0.330. The SMILES string of the molecule is C=C(CC)C1=C(I)C(CC(C)C)CCC1(C)C. The van der Waals surface area contributed by atoms with Crippen molar-refractivity contribution < 1.29 is 0 Å². The number of halogens is 1. The number of allylic oxidation sites excluding steroid dienone is 3. The molecular weight excluding hydrogens is 319 g/mol. The van der Waals surface area contributed by atoms with Crippen LogP contribution in [0.4, 0.5) is 0 Å². The van der Waals surface area contributed by atoms with Crippen LogP contribution < -0.4 is 0 Å². The van der Waals surface area contributed by atoms with E-state index in [9.17, 15) is 0 Å². The zero-order valence-electron chi connectivity index (χ0n) is 12.1. The first-order valence-electron chi connectivity index (χ1n) is 6.87. The van der Waals surface area contributed by atoms with Crippen molar-refractivity contribution in [1.29, 1.82) is 0 Å². The Bertz CT molecular complexity index is 320. The second-order valence-electron chi connectivity index (χ2n) is 6.43. The highest BCUT2D eigenvalue weighted by Crippen LogP contribution is 2.49. The van der Waals surface area contributed by atoms with Gasteiger partial charge in [0.15, 0.2) is 0 Å². The van der Waals surface area contributed by atoms with E-state index in [0.29, 0.717) is 5.41 Å². The Morgan fingerprint density at radius 2 is 2.06 bits per heavy atom. The summed E-state index contributed by atoms with van der Waals surface area (Å²) in [6.07, 6.45) is 5.07. The van der Waals surface area contributed by atoms with Gasteiger partial charge in [0.25, 0.3) is 0 Å². The zero-order chi connectivity index (χ0) is 13.2. The summed E-state index contributed by atoms with van der Waals surface area (Å²) in [7, 11) is 0. The smallest absolute Gasteiger partial charge is 0.00230 e. The maximum atomic E-state index is 4.29. The van der Waals surface area contributed by atoms with E-state index in [1.165, 1.54) is 24.8 Å². The monoisotopic (exact) mass is 346 g/mol. The molecular formula is C16H27I. The van der Waals surface area contributed by atoms with Crippen molar-refractivity contribution in [3.8, 4) is 0 Å². The standard InChI is InChI=1S/C16H27I/c1-7-12(4)14-15(17)13(10-11(2)3)8-9-16(14,5)6/h11,13H,4,7-10H2,1-3,5-6H3. The highest BCUT2D eigenvalue weighted by atomic mass is 127. The molecule has 0 saturated heterocycles. The van der Waals surface area contributed by atoms with Crippen LogP contribution in [0.1, 0.15) is 60.3 Å². The lowest BCUT2D eigenvalue weighted by Crippen LogP contribution is -2.26. The van der Waals surface area contributed by atoms with Crippen molar-refractivity contribution in [3.63, 3.8) is 0 Å². The zero-order valence-corrected chi connectivity index (χ0v) is 14.2. The van der Waals surface area contributed by atoms with Gasteiger partial charge in [-0.2, -0.15) is 0 Å². The third-order valence-electron chi connectivity index (χ3n) is 3.93. The molecule has 0 saturated carbocycles. The number of hydrogen-bond acceptors (Lipinski definition) is 0. The third-order valence-corrected chi connectivity index (χ3v) is 5.35. The van der Waals surface area contributed by atoms with E-state index in [0.717, 1.165) is 18.3 Å². The molecule has 0 bridgehead atoms. The first kappa shape index (κ1) is 15.3. The van der Waals surface area contributed by atoms with Gasteiger partial charge in [-0.15, -0.1) is 0 Å². The first-order chi connectivity index (χ1) is 7.79. The van der Waals surface area contributed by atoms with Gasteiger partial charge < -0.3 is 0 Å². The van der Waals surface area contributed by atoms with Crippen LogP contribution in [0.25, 0.3) is 0 Å². The molecule has 1 aliphatic carbocycles. The Labute approximate surface area is 121 Å². The van der Waals surface area contributed by atoms with Crippen LogP contribution in [0, 0.1) is 17.3 Å². The van der Waals surface area contributed by atoms with Crippen molar-refractivity contribution >= 4 is 22.6 Å². The van der Waals surface area contributed by atoms with Crippen molar-refractivity contribution in [3.05, 3.63) is 21.3 Å². The largest absolute Gasteiger partial charge is 0.0955 e. The van der Waals surface area contributed by atoms with Gasteiger partial charge in [0.05, 0.1) is 0 Å². The Morgan fingerprint density at radius 1 is 1.47 bits per heavy atom. The molecule has 0 nitrogen and oxygen atoms in total. The van der Waals surface area contributed by atoms with Gasteiger partial charge in [-0.1, -0.05) is 46.8 Å².